The van der Waals surface area contributed by atoms with Crippen LogP contribution < -0.4 is 5.32 Å². The van der Waals surface area contributed by atoms with Crippen LogP contribution in [-0.2, 0) is 0 Å². The molecule has 1 aromatic heterocycles. The summed E-state index contributed by atoms with van der Waals surface area (Å²) in [5, 5.41) is 3.68. The fraction of sp³-hybridized carbons (Fsp3) is 0.500. The van der Waals surface area contributed by atoms with Gasteiger partial charge in [0.15, 0.2) is 12.2 Å². The van der Waals surface area contributed by atoms with Crippen LogP contribution in [0.25, 0.3) is 11.3 Å². The number of hydrogen-bond acceptors (Lipinski definition) is 3. The normalized spacial score (nSPS) is 22.4. The maximum atomic E-state index is 5.37. The number of rotatable bonds is 4. The Labute approximate surface area is 126 Å². The van der Waals surface area contributed by atoms with E-state index < -0.39 is 0 Å². The molecule has 0 aliphatic heterocycles. The van der Waals surface area contributed by atoms with Crippen LogP contribution in [0.1, 0.15) is 39.5 Å². The number of benzene rings is 1. The Kier molecular flexibility index (Phi) is 4.28. The van der Waals surface area contributed by atoms with Crippen molar-refractivity contribution < 1.29 is 4.42 Å². The smallest absolute Gasteiger partial charge is 0.181 e. The highest BCUT2D eigenvalue weighted by atomic mass is 16.3. The number of nitrogens with zero attached hydrogens (tertiary/aromatic N) is 1. The van der Waals surface area contributed by atoms with Gasteiger partial charge in [0.05, 0.1) is 6.20 Å². The fourth-order valence-corrected chi connectivity index (χ4v) is 3.29. The van der Waals surface area contributed by atoms with Gasteiger partial charge in [-0.2, -0.15) is 0 Å². The molecule has 0 radical (unpaired) electrons. The maximum Gasteiger partial charge on any atom is 0.181 e. The van der Waals surface area contributed by atoms with Crippen LogP contribution in [0.2, 0.25) is 0 Å². The first-order valence-electron chi connectivity index (χ1n) is 7.98. The van der Waals surface area contributed by atoms with Gasteiger partial charge in [-0.05, 0) is 49.7 Å². The van der Waals surface area contributed by atoms with Gasteiger partial charge in [0, 0.05) is 17.3 Å². The van der Waals surface area contributed by atoms with E-state index in [0.29, 0.717) is 6.04 Å². The second-order valence-electron chi connectivity index (χ2n) is 6.45. The Morgan fingerprint density at radius 1 is 1.19 bits per heavy atom. The van der Waals surface area contributed by atoms with Gasteiger partial charge >= 0.3 is 0 Å². The van der Waals surface area contributed by atoms with E-state index >= 15 is 0 Å². The van der Waals surface area contributed by atoms with Crippen LogP contribution in [0.3, 0.4) is 0 Å². The highest BCUT2D eigenvalue weighted by Gasteiger charge is 2.23. The summed E-state index contributed by atoms with van der Waals surface area (Å²) in [4.78, 5) is 3.98. The van der Waals surface area contributed by atoms with Crippen molar-refractivity contribution in [1.82, 2.24) is 4.98 Å². The Bertz CT molecular complexity index is 554. The lowest BCUT2D eigenvalue weighted by Crippen LogP contribution is -2.27. The van der Waals surface area contributed by atoms with Gasteiger partial charge in [-0.15, -0.1) is 0 Å². The average molecular weight is 284 g/mol. The molecule has 3 nitrogen and oxygen atoms in total. The predicted molar refractivity (Wildman–Crippen MR) is 86.1 cm³/mol. The first kappa shape index (κ1) is 14.2. The van der Waals surface area contributed by atoms with E-state index in [2.05, 4.69) is 48.4 Å². The van der Waals surface area contributed by atoms with Crippen LogP contribution >= 0.6 is 0 Å². The molecular formula is C18H24N2O. The molecule has 1 saturated carbocycles. The summed E-state index contributed by atoms with van der Waals surface area (Å²) in [6, 6.07) is 9.01. The Morgan fingerprint density at radius 2 is 2.00 bits per heavy atom. The van der Waals surface area contributed by atoms with Gasteiger partial charge in [-0.1, -0.05) is 26.0 Å². The van der Waals surface area contributed by atoms with Crippen LogP contribution in [0.15, 0.2) is 41.3 Å². The van der Waals surface area contributed by atoms with Crippen LogP contribution in [-0.4, -0.2) is 11.0 Å². The van der Waals surface area contributed by atoms with Gasteiger partial charge in [0.1, 0.15) is 0 Å². The summed E-state index contributed by atoms with van der Waals surface area (Å²) in [6.45, 7) is 4.69. The zero-order chi connectivity index (χ0) is 14.7. The highest BCUT2D eigenvalue weighted by Crippen LogP contribution is 2.32. The van der Waals surface area contributed by atoms with Gasteiger partial charge in [0.25, 0.3) is 0 Å². The number of hydrogen-bond donors (Lipinski definition) is 1. The van der Waals surface area contributed by atoms with Crippen molar-refractivity contribution >= 4 is 5.69 Å². The van der Waals surface area contributed by atoms with Gasteiger partial charge < -0.3 is 9.73 Å². The van der Waals surface area contributed by atoms with Crippen molar-refractivity contribution in [3.05, 3.63) is 36.9 Å². The van der Waals surface area contributed by atoms with Crippen molar-refractivity contribution in [3.8, 4) is 11.3 Å². The SMILES string of the molecule is CC(C)C1CCC(Nc2cccc(-c3cnco3)c2)CC1. The molecule has 1 aromatic carbocycles. The first-order chi connectivity index (χ1) is 10.2. The van der Waals surface area contributed by atoms with Crippen molar-refractivity contribution in [1.29, 1.82) is 0 Å². The average Bonchev–Trinajstić information content (AvgIpc) is 3.02. The Balaban J connectivity index is 1.62. The van der Waals surface area contributed by atoms with Gasteiger partial charge in [-0.25, -0.2) is 4.98 Å². The molecule has 1 aliphatic rings. The first-order valence-corrected chi connectivity index (χ1v) is 7.98. The van der Waals surface area contributed by atoms with Gasteiger partial charge in [-0.3, -0.25) is 0 Å². The van der Waals surface area contributed by atoms with Crippen molar-refractivity contribution in [2.24, 2.45) is 11.8 Å². The van der Waals surface area contributed by atoms with E-state index in [1.165, 1.54) is 37.8 Å². The molecule has 0 saturated heterocycles. The molecule has 3 heteroatoms. The van der Waals surface area contributed by atoms with E-state index in [0.717, 1.165) is 23.2 Å². The standard InChI is InChI=1S/C18H24N2O/c1-13(2)14-6-8-16(9-7-14)20-17-5-3-4-15(10-17)18-11-19-12-21-18/h3-5,10-14,16,20H,6-9H2,1-2H3. The van der Waals surface area contributed by atoms with Gasteiger partial charge in [0.2, 0.25) is 0 Å². The lowest BCUT2D eigenvalue weighted by Gasteiger charge is -2.31. The monoisotopic (exact) mass is 284 g/mol. The molecular weight excluding hydrogens is 260 g/mol. The van der Waals surface area contributed by atoms with Crippen LogP contribution in [0.5, 0.6) is 0 Å². The molecule has 0 amide bonds. The lowest BCUT2D eigenvalue weighted by atomic mass is 9.79. The minimum Gasteiger partial charge on any atom is -0.444 e. The minimum absolute atomic E-state index is 0.602. The zero-order valence-corrected chi connectivity index (χ0v) is 12.9. The second kappa shape index (κ2) is 6.33. The number of oxazole rings is 1. The number of aromatic nitrogens is 1. The maximum absolute atomic E-state index is 5.37. The predicted octanol–water partition coefficient (Wildman–Crippen LogP) is 4.97. The third kappa shape index (κ3) is 3.46. The summed E-state index contributed by atoms with van der Waals surface area (Å²) < 4.78 is 5.37. The van der Waals surface area contributed by atoms with E-state index in [9.17, 15) is 0 Å². The third-order valence-electron chi connectivity index (χ3n) is 4.66. The van der Waals surface area contributed by atoms with Crippen molar-refractivity contribution in [2.75, 3.05) is 5.32 Å². The third-order valence-corrected chi connectivity index (χ3v) is 4.66. The molecule has 0 atom stereocenters. The summed E-state index contributed by atoms with van der Waals surface area (Å²) in [6.07, 6.45) is 8.47. The van der Waals surface area contributed by atoms with Crippen molar-refractivity contribution in [3.63, 3.8) is 0 Å². The summed E-state index contributed by atoms with van der Waals surface area (Å²) in [5.41, 5.74) is 2.25. The molecule has 1 aliphatic carbocycles. The molecule has 0 unspecified atom stereocenters. The van der Waals surface area contributed by atoms with Crippen molar-refractivity contribution in [2.45, 2.75) is 45.6 Å². The largest absolute Gasteiger partial charge is 0.444 e. The lowest BCUT2D eigenvalue weighted by molar-refractivity contribution is 0.267. The van der Waals surface area contributed by atoms with E-state index in [1.54, 1.807) is 6.20 Å². The second-order valence-corrected chi connectivity index (χ2v) is 6.45. The van der Waals surface area contributed by atoms with Crippen LogP contribution in [0, 0.1) is 11.8 Å². The molecule has 1 heterocycles. The van der Waals surface area contributed by atoms with E-state index in [4.69, 9.17) is 4.42 Å². The molecule has 0 bridgehead atoms. The molecule has 112 valence electrons. The molecule has 1 fully saturated rings. The quantitative estimate of drug-likeness (QED) is 0.861. The summed E-state index contributed by atoms with van der Waals surface area (Å²) in [5.74, 6) is 2.55. The molecule has 3 rings (SSSR count). The summed E-state index contributed by atoms with van der Waals surface area (Å²) in [7, 11) is 0. The Hall–Kier alpha value is -1.77. The minimum atomic E-state index is 0.602. The fourth-order valence-electron chi connectivity index (χ4n) is 3.29. The highest BCUT2D eigenvalue weighted by molar-refractivity contribution is 5.63. The molecule has 2 aromatic rings. The summed E-state index contributed by atoms with van der Waals surface area (Å²) >= 11 is 0. The molecule has 0 spiro atoms. The molecule has 21 heavy (non-hydrogen) atoms. The van der Waals surface area contributed by atoms with E-state index in [-0.39, 0.29) is 0 Å². The van der Waals surface area contributed by atoms with E-state index in [1.807, 2.05) is 0 Å². The topological polar surface area (TPSA) is 38.1 Å². The zero-order valence-electron chi connectivity index (χ0n) is 12.9. The molecule has 1 N–H and O–H groups in total. The number of nitrogens with one attached hydrogen (secondary N) is 1. The number of anilines is 1. The van der Waals surface area contributed by atoms with Crippen LogP contribution in [0.4, 0.5) is 5.69 Å². The Morgan fingerprint density at radius 3 is 2.67 bits per heavy atom.